The summed E-state index contributed by atoms with van der Waals surface area (Å²) in [6.45, 7) is 3.75. The van der Waals surface area contributed by atoms with Crippen molar-refractivity contribution >= 4 is 34.7 Å². The molecule has 1 atom stereocenters. The van der Waals surface area contributed by atoms with Gasteiger partial charge in [-0.1, -0.05) is 35.9 Å². The van der Waals surface area contributed by atoms with Gasteiger partial charge in [0.2, 0.25) is 0 Å². The highest BCUT2D eigenvalue weighted by Crippen LogP contribution is 2.42. The Morgan fingerprint density at radius 2 is 1.70 bits per heavy atom. The van der Waals surface area contributed by atoms with Gasteiger partial charge in [0.15, 0.2) is 0 Å². The van der Waals surface area contributed by atoms with E-state index < -0.39 is 23.5 Å². The SMILES string of the molecule is CC(C)Oc1cccc(/C(O)=C2/C(=O)C(=O)N(c3ccc(Cl)cc3)C2c2ccc(F)cc2)c1. The first-order valence-electron chi connectivity index (χ1n) is 10.4. The largest absolute Gasteiger partial charge is 0.507 e. The number of carbonyl (C=O) groups excluding carboxylic acids is 2. The van der Waals surface area contributed by atoms with Crippen LogP contribution in [0.4, 0.5) is 10.1 Å². The third-order valence-electron chi connectivity index (χ3n) is 5.21. The van der Waals surface area contributed by atoms with Crippen LogP contribution in [0.3, 0.4) is 0 Å². The van der Waals surface area contributed by atoms with Gasteiger partial charge in [0, 0.05) is 16.3 Å². The lowest BCUT2D eigenvalue weighted by molar-refractivity contribution is -0.132. The van der Waals surface area contributed by atoms with Crippen molar-refractivity contribution in [3.05, 3.63) is 100 Å². The van der Waals surface area contributed by atoms with Crippen molar-refractivity contribution in [2.75, 3.05) is 4.90 Å². The van der Waals surface area contributed by atoms with Crippen LogP contribution in [0.2, 0.25) is 5.02 Å². The summed E-state index contributed by atoms with van der Waals surface area (Å²) in [5.74, 6) is -1.93. The van der Waals surface area contributed by atoms with Gasteiger partial charge >= 0.3 is 0 Å². The second kappa shape index (κ2) is 9.08. The van der Waals surface area contributed by atoms with Gasteiger partial charge in [0.1, 0.15) is 17.3 Å². The van der Waals surface area contributed by atoms with Crippen molar-refractivity contribution in [1.82, 2.24) is 0 Å². The van der Waals surface area contributed by atoms with Crippen LogP contribution in [0, 0.1) is 5.82 Å². The summed E-state index contributed by atoms with van der Waals surface area (Å²) in [5, 5.41) is 11.7. The summed E-state index contributed by atoms with van der Waals surface area (Å²) in [6.07, 6.45) is -0.0860. The number of carbonyl (C=O) groups is 2. The van der Waals surface area contributed by atoms with Gasteiger partial charge in [-0.2, -0.15) is 0 Å². The van der Waals surface area contributed by atoms with E-state index in [1.54, 1.807) is 48.5 Å². The number of ether oxygens (including phenoxy) is 1. The van der Waals surface area contributed by atoms with E-state index in [2.05, 4.69) is 0 Å². The van der Waals surface area contributed by atoms with E-state index in [0.29, 0.717) is 27.6 Å². The number of hydrogen-bond donors (Lipinski definition) is 1. The van der Waals surface area contributed by atoms with E-state index >= 15 is 0 Å². The van der Waals surface area contributed by atoms with Crippen LogP contribution in [-0.4, -0.2) is 22.9 Å². The Labute approximate surface area is 195 Å². The zero-order valence-electron chi connectivity index (χ0n) is 18.0. The quantitative estimate of drug-likeness (QED) is 0.290. The van der Waals surface area contributed by atoms with E-state index in [-0.39, 0.29) is 17.4 Å². The first-order chi connectivity index (χ1) is 15.8. The molecule has 0 aliphatic carbocycles. The number of amides is 1. The van der Waals surface area contributed by atoms with E-state index in [0.717, 1.165) is 0 Å². The molecule has 1 aliphatic heterocycles. The zero-order chi connectivity index (χ0) is 23.7. The van der Waals surface area contributed by atoms with Crippen LogP contribution >= 0.6 is 11.6 Å². The third kappa shape index (κ3) is 4.47. The van der Waals surface area contributed by atoms with Crippen molar-refractivity contribution in [3.63, 3.8) is 0 Å². The second-order valence-electron chi connectivity index (χ2n) is 7.89. The Hall–Kier alpha value is -3.64. The number of ketones is 1. The number of aliphatic hydroxyl groups is 1. The highest BCUT2D eigenvalue weighted by molar-refractivity contribution is 6.51. The molecule has 7 heteroatoms. The summed E-state index contributed by atoms with van der Waals surface area (Å²) in [4.78, 5) is 27.5. The summed E-state index contributed by atoms with van der Waals surface area (Å²) in [5.41, 5.74) is 1.13. The van der Waals surface area contributed by atoms with Gasteiger partial charge in [0.25, 0.3) is 11.7 Å². The Morgan fingerprint density at radius 1 is 1.03 bits per heavy atom. The lowest BCUT2D eigenvalue weighted by atomic mass is 9.95. The maximum atomic E-state index is 13.6. The number of Topliss-reactive ketones (excluding diaryl/α,β-unsaturated/α-hetero) is 1. The smallest absolute Gasteiger partial charge is 0.300 e. The molecule has 0 spiro atoms. The predicted molar refractivity (Wildman–Crippen MR) is 125 cm³/mol. The number of benzene rings is 3. The van der Waals surface area contributed by atoms with Gasteiger partial charge < -0.3 is 9.84 Å². The topological polar surface area (TPSA) is 66.8 Å². The van der Waals surface area contributed by atoms with Gasteiger partial charge in [-0.15, -0.1) is 0 Å². The normalized spacial score (nSPS) is 17.6. The summed E-state index contributed by atoms with van der Waals surface area (Å²) in [7, 11) is 0. The fraction of sp³-hybridized carbons (Fsp3) is 0.154. The van der Waals surface area contributed by atoms with Crippen LogP contribution < -0.4 is 9.64 Å². The zero-order valence-corrected chi connectivity index (χ0v) is 18.7. The van der Waals surface area contributed by atoms with Gasteiger partial charge in [-0.25, -0.2) is 4.39 Å². The molecular formula is C26H21ClFNO4. The Bertz CT molecular complexity index is 1240. The molecule has 0 bridgehead atoms. The average Bonchev–Trinajstić information content (AvgIpc) is 3.05. The molecule has 4 rings (SSSR count). The number of halogens is 2. The van der Waals surface area contributed by atoms with Gasteiger partial charge in [0.05, 0.1) is 17.7 Å². The van der Waals surface area contributed by atoms with Crippen LogP contribution in [-0.2, 0) is 9.59 Å². The molecule has 1 amide bonds. The van der Waals surface area contributed by atoms with E-state index in [1.807, 2.05) is 13.8 Å². The van der Waals surface area contributed by atoms with E-state index in [4.69, 9.17) is 16.3 Å². The monoisotopic (exact) mass is 465 g/mol. The molecule has 168 valence electrons. The van der Waals surface area contributed by atoms with Gasteiger partial charge in [-0.3, -0.25) is 14.5 Å². The highest BCUT2D eigenvalue weighted by Gasteiger charge is 2.47. The number of rotatable bonds is 5. The molecule has 1 fully saturated rings. The first-order valence-corrected chi connectivity index (χ1v) is 10.7. The molecule has 0 saturated carbocycles. The average molecular weight is 466 g/mol. The molecule has 3 aromatic rings. The van der Waals surface area contributed by atoms with Crippen LogP contribution in [0.25, 0.3) is 5.76 Å². The number of hydrogen-bond acceptors (Lipinski definition) is 4. The lowest BCUT2D eigenvalue weighted by Crippen LogP contribution is -2.29. The van der Waals surface area contributed by atoms with Crippen molar-refractivity contribution < 1.29 is 23.8 Å². The Balaban J connectivity index is 1.90. The molecule has 0 aromatic heterocycles. The van der Waals surface area contributed by atoms with Crippen LogP contribution in [0.5, 0.6) is 5.75 Å². The highest BCUT2D eigenvalue weighted by atomic mass is 35.5. The number of anilines is 1. The standard InChI is InChI=1S/C26H21ClFNO4/c1-15(2)33-21-5-3-4-17(14-21)24(30)22-23(16-6-10-19(28)11-7-16)29(26(32)25(22)31)20-12-8-18(27)9-13-20/h3-15,23,30H,1-2H3/b24-22-. The minimum atomic E-state index is -0.957. The fourth-order valence-corrected chi connectivity index (χ4v) is 3.93. The predicted octanol–water partition coefficient (Wildman–Crippen LogP) is 5.89. The molecule has 0 radical (unpaired) electrons. The molecule has 5 nitrogen and oxygen atoms in total. The molecule has 1 heterocycles. The molecule has 3 aromatic carbocycles. The summed E-state index contributed by atoms with van der Waals surface area (Å²) in [6, 6.07) is 17.6. The fourth-order valence-electron chi connectivity index (χ4n) is 3.81. The van der Waals surface area contributed by atoms with Crippen molar-refractivity contribution in [2.24, 2.45) is 0 Å². The van der Waals surface area contributed by atoms with E-state index in [1.165, 1.54) is 29.2 Å². The van der Waals surface area contributed by atoms with Crippen molar-refractivity contribution in [3.8, 4) is 5.75 Å². The Kier molecular flexibility index (Phi) is 6.20. The maximum absolute atomic E-state index is 13.6. The van der Waals surface area contributed by atoms with Crippen LogP contribution in [0.1, 0.15) is 31.0 Å². The maximum Gasteiger partial charge on any atom is 0.300 e. The minimum Gasteiger partial charge on any atom is -0.507 e. The summed E-state index contributed by atoms with van der Waals surface area (Å²) >= 11 is 5.99. The first kappa shape index (κ1) is 22.6. The molecular weight excluding hydrogens is 445 g/mol. The van der Waals surface area contributed by atoms with Crippen molar-refractivity contribution in [2.45, 2.75) is 26.0 Å². The summed E-state index contributed by atoms with van der Waals surface area (Å²) < 4.78 is 19.3. The van der Waals surface area contributed by atoms with Gasteiger partial charge in [-0.05, 0) is 67.9 Å². The number of aliphatic hydroxyl groups excluding tert-OH is 1. The molecule has 1 unspecified atom stereocenters. The minimum absolute atomic E-state index is 0.0860. The number of nitrogens with zero attached hydrogens (tertiary/aromatic N) is 1. The molecule has 1 saturated heterocycles. The Morgan fingerprint density at radius 3 is 2.33 bits per heavy atom. The van der Waals surface area contributed by atoms with Crippen molar-refractivity contribution in [1.29, 1.82) is 0 Å². The molecule has 33 heavy (non-hydrogen) atoms. The van der Waals surface area contributed by atoms with E-state index in [9.17, 15) is 19.1 Å². The molecule has 1 aliphatic rings. The lowest BCUT2D eigenvalue weighted by Gasteiger charge is -2.25. The van der Waals surface area contributed by atoms with Crippen LogP contribution in [0.15, 0.2) is 78.4 Å². The molecule has 1 N–H and O–H groups in total. The second-order valence-corrected chi connectivity index (χ2v) is 8.33. The third-order valence-corrected chi connectivity index (χ3v) is 5.47.